The molecule has 0 aromatic rings. The largest absolute Gasteiger partial charge is 0.379 e. The van der Waals surface area contributed by atoms with Gasteiger partial charge in [0.2, 0.25) is 0 Å². The molecular formula is C8H16N2O. The molecule has 0 saturated carbocycles. The van der Waals surface area contributed by atoms with E-state index in [0.717, 1.165) is 39.4 Å². The number of hydrogen-bond acceptors (Lipinski definition) is 3. The van der Waals surface area contributed by atoms with Gasteiger partial charge in [0, 0.05) is 25.0 Å². The predicted octanol–water partition coefficient (Wildman–Crippen LogP) is -0.414. The average molecular weight is 156 g/mol. The molecule has 2 heterocycles. The van der Waals surface area contributed by atoms with Crippen LogP contribution in [0.4, 0.5) is 0 Å². The number of nitrogens with one attached hydrogen (secondary N) is 2. The first-order valence-electron chi connectivity index (χ1n) is 4.41. The molecule has 0 aliphatic carbocycles. The van der Waals surface area contributed by atoms with Crippen LogP contribution in [-0.2, 0) is 4.74 Å². The maximum absolute atomic E-state index is 5.53. The summed E-state index contributed by atoms with van der Waals surface area (Å²) in [5.74, 6) is 0. The van der Waals surface area contributed by atoms with Crippen LogP contribution in [0.25, 0.3) is 0 Å². The summed E-state index contributed by atoms with van der Waals surface area (Å²) >= 11 is 0. The van der Waals surface area contributed by atoms with E-state index in [1.165, 1.54) is 6.42 Å². The molecule has 0 bridgehead atoms. The molecule has 0 aromatic heterocycles. The normalized spacial score (nSPS) is 39.3. The molecule has 1 atom stereocenters. The van der Waals surface area contributed by atoms with E-state index in [2.05, 4.69) is 10.6 Å². The van der Waals surface area contributed by atoms with Crippen LogP contribution in [0, 0.1) is 5.41 Å². The molecule has 3 heteroatoms. The van der Waals surface area contributed by atoms with Crippen molar-refractivity contribution in [3.63, 3.8) is 0 Å². The molecule has 2 N–H and O–H groups in total. The summed E-state index contributed by atoms with van der Waals surface area (Å²) in [6.07, 6.45) is 1.26. The minimum Gasteiger partial charge on any atom is -0.379 e. The zero-order chi connectivity index (χ0) is 7.57. The summed E-state index contributed by atoms with van der Waals surface area (Å²) in [5, 5.41) is 6.81. The zero-order valence-electron chi connectivity index (χ0n) is 6.86. The molecule has 2 fully saturated rings. The second kappa shape index (κ2) is 3.09. The molecule has 11 heavy (non-hydrogen) atoms. The SMILES string of the molecule is C1COCC2(CCNC2)CN1. The zero-order valence-corrected chi connectivity index (χ0v) is 6.86. The van der Waals surface area contributed by atoms with Crippen molar-refractivity contribution in [1.82, 2.24) is 10.6 Å². The van der Waals surface area contributed by atoms with Gasteiger partial charge in [-0.15, -0.1) is 0 Å². The topological polar surface area (TPSA) is 33.3 Å². The summed E-state index contributed by atoms with van der Waals surface area (Å²) in [5.41, 5.74) is 0.413. The van der Waals surface area contributed by atoms with Crippen molar-refractivity contribution in [3.05, 3.63) is 0 Å². The Balaban J connectivity index is 1.97. The maximum atomic E-state index is 5.53. The third kappa shape index (κ3) is 1.55. The van der Waals surface area contributed by atoms with E-state index in [9.17, 15) is 0 Å². The Morgan fingerprint density at radius 3 is 2.73 bits per heavy atom. The van der Waals surface area contributed by atoms with Gasteiger partial charge in [0.1, 0.15) is 0 Å². The van der Waals surface area contributed by atoms with Gasteiger partial charge in [0.25, 0.3) is 0 Å². The number of hydrogen-bond donors (Lipinski definition) is 2. The highest BCUT2D eigenvalue weighted by atomic mass is 16.5. The lowest BCUT2D eigenvalue weighted by Gasteiger charge is -2.24. The second-order valence-electron chi connectivity index (χ2n) is 3.66. The van der Waals surface area contributed by atoms with Gasteiger partial charge in [-0.2, -0.15) is 0 Å². The van der Waals surface area contributed by atoms with E-state index in [-0.39, 0.29) is 0 Å². The molecule has 1 spiro atoms. The van der Waals surface area contributed by atoms with Gasteiger partial charge in [-0.1, -0.05) is 0 Å². The van der Waals surface area contributed by atoms with Crippen LogP contribution in [0.3, 0.4) is 0 Å². The fourth-order valence-electron chi connectivity index (χ4n) is 1.91. The molecule has 1 unspecified atom stereocenters. The van der Waals surface area contributed by atoms with E-state index >= 15 is 0 Å². The smallest absolute Gasteiger partial charge is 0.0591 e. The molecule has 0 amide bonds. The van der Waals surface area contributed by atoms with Crippen molar-refractivity contribution >= 4 is 0 Å². The quantitative estimate of drug-likeness (QED) is 0.500. The van der Waals surface area contributed by atoms with Crippen LogP contribution in [0.2, 0.25) is 0 Å². The third-order valence-corrected chi connectivity index (χ3v) is 2.66. The lowest BCUT2D eigenvalue weighted by molar-refractivity contribution is 0.0802. The fourth-order valence-corrected chi connectivity index (χ4v) is 1.91. The van der Waals surface area contributed by atoms with Crippen LogP contribution in [0.5, 0.6) is 0 Å². The van der Waals surface area contributed by atoms with Crippen LogP contribution in [-0.4, -0.2) is 39.4 Å². The standard InChI is InChI=1S/C8H16N2O/c1-2-9-5-8(1)6-10-3-4-11-7-8/h9-10H,1-7H2. The van der Waals surface area contributed by atoms with Crippen LogP contribution < -0.4 is 10.6 Å². The minimum absolute atomic E-state index is 0.413. The van der Waals surface area contributed by atoms with Crippen molar-refractivity contribution in [2.24, 2.45) is 5.41 Å². The van der Waals surface area contributed by atoms with Crippen LogP contribution >= 0.6 is 0 Å². The molecule has 3 nitrogen and oxygen atoms in total. The summed E-state index contributed by atoms with van der Waals surface area (Å²) in [6, 6.07) is 0. The Morgan fingerprint density at radius 2 is 1.91 bits per heavy atom. The highest BCUT2D eigenvalue weighted by Crippen LogP contribution is 2.25. The van der Waals surface area contributed by atoms with Crippen LogP contribution in [0.15, 0.2) is 0 Å². The number of rotatable bonds is 0. The van der Waals surface area contributed by atoms with E-state index < -0.39 is 0 Å². The summed E-state index contributed by atoms with van der Waals surface area (Å²) in [4.78, 5) is 0. The van der Waals surface area contributed by atoms with E-state index in [1.54, 1.807) is 0 Å². The summed E-state index contributed by atoms with van der Waals surface area (Å²) < 4.78 is 5.53. The minimum atomic E-state index is 0.413. The van der Waals surface area contributed by atoms with E-state index in [1.807, 2.05) is 0 Å². The summed E-state index contributed by atoms with van der Waals surface area (Å²) in [7, 11) is 0. The van der Waals surface area contributed by atoms with Crippen molar-refractivity contribution in [1.29, 1.82) is 0 Å². The van der Waals surface area contributed by atoms with Crippen molar-refractivity contribution in [3.8, 4) is 0 Å². The first kappa shape index (κ1) is 7.53. The van der Waals surface area contributed by atoms with Gasteiger partial charge in [0.05, 0.1) is 13.2 Å². The summed E-state index contributed by atoms with van der Waals surface area (Å²) in [6.45, 7) is 6.24. The first-order valence-corrected chi connectivity index (χ1v) is 4.41. The lowest BCUT2D eigenvalue weighted by atomic mass is 9.88. The van der Waals surface area contributed by atoms with Gasteiger partial charge in [-0.25, -0.2) is 0 Å². The fraction of sp³-hybridized carbons (Fsp3) is 1.00. The van der Waals surface area contributed by atoms with Gasteiger partial charge in [-0.05, 0) is 13.0 Å². The molecule has 2 aliphatic heterocycles. The molecule has 0 radical (unpaired) electrons. The van der Waals surface area contributed by atoms with Crippen molar-refractivity contribution in [2.75, 3.05) is 39.4 Å². The Kier molecular flexibility index (Phi) is 2.11. The molecule has 64 valence electrons. The Labute approximate surface area is 67.5 Å². The highest BCUT2D eigenvalue weighted by Gasteiger charge is 2.34. The van der Waals surface area contributed by atoms with Crippen molar-refractivity contribution in [2.45, 2.75) is 6.42 Å². The Morgan fingerprint density at radius 1 is 1.09 bits per heavy atom. The Bertz CT molecular complexity index is 122. The average Bonchev–Trinajstić information content (AvgIpc) is 2.32. The first-order chi connectivity index (χ1) is 5.41. The van der Waals surface area contributed by atoms with Crippen LogP contribution in [0.1, 0.15) is 6.42 Å². The lowest BCUT2D eigenvalue weighted by Crippen LogP contribution is -2.37. The van der Waals surface area contributed by atoms with Gasteiger partial charge < -0.3 is 15.4 Å². The molecule has 2 saturated heterocycles. The third-order valence-electron chi connectivity index (χ3n) is 2.66. The van der Waals surface area contributed by atoms with Gasteiger partial charge in [-0.3, -0.25) is 0 Å². The predicted molar refractivity (Wildman–Crippen MR) is 43.6 cm³/mol. The highest BCUT2D eigenvalue weighted by molar-refractivity contribution is 4.90. The van der Waals surface area contributed by atoms with E-state index in [0.29, 0.717) is 5.41 Å². The van der Waals surface area contributed by atoms with Gasteiger partial charge in [0.15, 0.2) is 0 Å². The van der Waals surface area contributed by atoms with Crippen molar-refractivity contribution < 1.29 is 4.74 Å². The number of ether oxygens (including phenoxy) is 1. The second-order valence-corrected chi connectivity index (χ2v) is 3.66. The Hall–Kier alpha value is -0.120. The maximum Gasteiger partial charge on any atom is 0.0591 e. The molecular weight excluding hydrogens is 140 g/mol. The monoisotopic (exact) mass is 156 g/mol. The van der Waals surface area contributed by atoms with Gasteiger partial charge >= 0.3 is 0 Å². The molecule has 2 aliphatic rings. The molecule has 2 rings (SSSR count). The molecule has 0 aromatic carbocycles. The van der Waals surface area contributed by atoms with E-state index in [4.69, 9.17) is 4.74 Å².